The molecule has 0 spiro atoms. The summed E-state index contributed by atoms with van der Waals surface area (Å²) >= 11 is 0. The van der Waals surface area contributed by atoms with E-state index in [1.165, 1.54) is 0 Å². The Morgan fingerprint density at radius 2 is 1.76 bits per heavy atom. The van der Waals surface area contributed by atoms with Gasteiger partial charge in [-0.05, 0) is 26.0 Å². The quantitative estimate of drug-likeness (QED) is 0.610. The predicted molar refractivity (Wildman–Crippen MR) is 93.1 cm³/mol. The number of morpholine rings is 2. The summed E-state index contributed by atoms with van der Waals surface area (Å²) in [6, 6.07) is 5.44. The van der Waals surface area contributed by atoms with E-state index in [1.807, 2.05) is 30.9 Å². The van der Waals surface area contributed by atoms with Crippen LogP contribution in [0.2, 0.25) is 0 Å². The summed E-state index contributed by atoms with van der Waals surface area (Å²) in [6.07, 6.45) is 0.0762. The molecule has 2 heterocycles. The van der Waals surface area contributed by atoms with Crippen LogP contribution in [0.15, 0.2) is 12.1 Å². The van der Waals surface area contributed by atoms with E-state index in [1.54, 1.807) is 6.07 Å². The molecule has 1 aromatic carbocycles. The van der Waals surface area contributed by atoms with E-state index in [2.05, 4.69) is 4.90 Å². The van der Waals surface area contributed by atoms with Gasteiger partial charge in [-0.25, -0.2) is 0 Å². The minimum atomic E-state index is -0.459. The van der Waals surface area contributed by atoms with Crippen LogP contribution in [0.25, 0.3) is 0 Å². The van der Waals surface area contributed by atoms with Gasteiger partial charge in [-0.15, -0.1) is 0 Å². The zero-order valence-corrected chi connectivity index (χ0v) is 14.5. The van der Waals surface area contributed by atoms with Crippen molar-refractivity contribution in [1.82, 2.24) is 0 Å². The zero-order chi connectivity index (χ0) is 18.0. The van der Waals surface area contributed by atoms with Crippen LogP contribution in [0.1, 0.15) is 19.4 Å². The van der Waals surface area contributed by atoms with Gasteiger partial charge in [0.15, 0.2) is 0 Å². The first-order valence-corrected chi connectivity index (χ1v) is 8.45. The lowest BCUT2D eigenvalue weighted by atomic mass is 10.1. The normalized spacial score (nSPS) is 24.0. The Morgan fingerprint density at radius 3 is 2.32 bits per heavy atom. The Hall–Kier alpha value is -2.37. The van der Waals surface area contributed by atoms with Crippen molar-refractivity contribution >= 4 is 17.1 Å². The number of nitro benzene ring substituents is 1. The molecule has 8 heteroatoms. The predicted octanol–water partition coefficient (Wildman–Crippen LogP) is 1.92. The van der Waals surface area contributed by atoms with Gasteiger partial charge in [0.05, 0.1) is 30.3 Å². The van der Waals surface area contributed by atoms with Crippen molar-refractivity contribution in [3.05, 3.63) is 27.8 Å². The van der Waals surface area contributed by atoms with E-state index in [9.17, 15) is 15.4 Å². The topological polar surface area (TPSA) is 91.9 Å². The third-order valence-corrected chi connectivity index (χ3v) is 4.57. The van der Waals surface area contributed by atoms with Gasteiger partial charge in [-0.1, -0.05) is 0 Å². The van der Waals surface area contributed by atoms with Gasteiger partial charge in [0.1, 0.15) is 17.3 Å². The molecular weight excluding hydrogens is 324 g/mol. The van der Waals surface area contributed by atoms with Crippen LogP contribution in [0.3, 0.4) is 0 Å². The van der Waals surface area contributed by atoms with Gasteiger partial charge < -0.3 is 19.3 Å². The van der Waals surface area contributed by atoms with Crippen LogP contribution in [-0.2, 0) is 9.47 Å². The van der Waals surface area contributed by atoms with Crippen molar-refractivity contribution in [2.75, 3.05) is 49.2 Å². The number of hydrogen-bond donors (Lipinski definition) is 0. The second-order valence-electron chi connectivity index (χ2n) is 6.48. The minimum absolute atomic E-state index is 0.00838. The number of nitro groups is 1. The molecule has 2 aliphatic heterocycles. The Kier molecular flexibility index (Phi) is 5.06. The summed E-state index contributed by atoms with van der Waals surface area (Å²) in [5.41, 5.74) is 1.29. The minimum Gasteiger partial charge on any atom is -0.375 e. The van der Waals surface area contributed by atoms with Gasteiger partial charge in [-0.2, -0.15) is 5.26 Å². The lowest BCUT2D eigenvalue weighted by Gasteiger charge is -2.35. The average Bonchev–Trinajstić information content (AvgIpc) is 2.60. The third-order valence-electron chi connectivity index (χ3n) is 4.57. The van der Waals surface area contributed by atoms with E-state index in [0.29, 0.717) is 45.1 Å². The smallest absolute Gasteiger partial charge is 0.310 e. The number of rotatable bonds is 3. The van der Waals surface area contributed by atoms with Crippen LogP contribution in [0.4, 0.5) is 17.1 Å². The van der Waals surface area contributed by atoms with Crippen molar-refractivity contribution in [1.29, 1.82) is 5.26 Å². The van der Waals surface area contributed by atoms with Gasteiger partial charge in [-0.3, -0.25) is 10.1 Å². The highest BCUT2D eigenvalue weighted by molar-refractivity contribution is 5.76. The summed E-state index contributed by atoms with van der Waals surface area (Å²) in [6.45, 7) is 7.58. The number of hydrogen-bond acceptors (Lipinski definition) is 7. The fraction of sp³-hybridized carbons (Fsp3) is 0.588. The van der Waals surface area contributed by atoms with Crippen LogP contribution < -0.4 is 9.80 Å². The summed E-state index contributed by atoms with van der Waals surface area (Å²) in [5, 5.41) is 21.1. The number of ether oxygens (including phenoxy) is 2. The molecule has 0 unspecified atom stereocenters. The first kappa shape index (κ1) is 17.5. The molecular formula is C17H22N4O4. The maximum atomic E-state index is 11.6. The van der Waals surface area contributed by atoms with E-state index in [0.717, 1.165) is 5.69 Å². The van der Waals surface area contributed by atoms with Crippen molar-refractivity contribution in [2.24, 2.45) is 0 Å². The number of benzene rings is 1. The molecule has 0 aromatic heterocycles. The molecule has 0 amide bonds. The summed E-state index contributed by atoms with van der Waals surface area (Å²) in [4.78, 5) is 15.2. The molecule has 1 aromatic rings. The second-order valence-corrected chi connectivity index (χ2v) is 6.48. The Balaban J connectivity index is 2.05. The highest BCUT2D eigenvalue weighted by Gasteiger charge is 2.30. The lowest BCUT2D eigenvalue weighted by molar-refractivity contribution is -0.384. The highest BCUT2D eigenvalue weighted by Crippen LogP contribution is 2.37. The SMILES string of the molecule is C[C@@H]1CN(c2cc(C#N)c([N+](=O)[O-])c(N3CCO[C@@H](C)C3)c2)CCO1. The fourth-order valence-corrected chi connectivity index (χ4v) is 3.40. The maximum absolute atomic E-state index is 11.6. The maximum Gasteiger partial charge on any atom is 0.310 e. The number of nitriles is 1. The Morgan fingerprint density at radius 1 is 1.16 bits per heavy atom. The monoisotopic (exact) mass is 346 g/mol. The molecule has 0 aliphatic carbocycles. The molecule has 3 rings (SSSR count). The molecule has 2 aliphatic rings. The van der Waals surface area contributed by atoms with Crippen LogP contribution in [0, 0.1) is 21.4 Å². The van der Waals surface area contributed by atoms with Crippen LogP contribution in [0.5, 0.6) is 0 Å². The fourth-order valence-electron chi connectivity index (χ4n) is 3.40. The van der Waals surface area contributed by atoms with Crippen molar-refractivity contribution < 1.29 is 14.4 Å². The van der Waals surface area contributed by atoms with E-state index in [-0.39, 0.29) is 23.5 Å². The molecule has 0 saturated carbocycles. The van der Waals surface area contributed by atoms with Gasteiger partial charge in [0.25, 0.3) is 0 Å². The summed E-state index contributed by atoms with van der Waals surface area (Å²) in [7, 11) is 0. The van der Waals surface area contributed by atoms with Gasteiger partial charge >= 0.3 is 5.69 Å². The first-order chi connectivity index (χ1) is 12.0. The average molecular weight is 346 g/mol. The van der Waals surface area contributed by atoms with E-state index >= 15 is 0 Å². The zero-order valence-electron chi connectivity index (χ0n) is 14.5. The van der Waals surface area contributed by atoms with Gasteiger partial charge in [0, 0.05) is 31.9 Å². The molecule has 0 bridgehead atoms. The van der Waals surface area contributed by atoms with Crippen molar-refractivity contribution in [3.8, 4) is 6.07 Å². The van der Waals surface area contributed by atoms with Crippen LogP contribution in [-0.4, -0.2) is 56.5 Å². The number of anilines is 2. The molecule has 8 nitrogen and oxygen atoms in total. The third kappa shape index (κ3) is 3.67. The van der Waals surface area contributed by atoms with E-state index < -0.39 is 4.92 Å². The molecule has 2 atom stereocenters. The molecule has 0 radical (unpaired) electrons. The first-order valence-electron chi connectivity index (χ1n) is 8.45. The Labute approximate surface area is 146 Å². The largest absolute Gasteiger partial charge is 0.375 e. The summed E-state index contributed by atoms with van der Waals surface area (Å²) < 4.78 is 11.1. The van der Waals surface area contributed by atoms with E-state index in [4.69, 9.17) is 9.47 Å². The van der Waals surface area contributed by atoms with Crippen LogP contribution >= 0.6 is 0 Å². The molecule has 2 saturated heterocycles. The molecule has 25 heavy (non-hydrogen) atoms. The Bertz CT molecular complexity index is 703. The molecule has 2 fully saturated rings. The molecule has 134 valence electrons. The highest BCUT2D eigenvalue weighted by atomic mass is 16.6. The van der Waals surface area contributed by atoms with Crippen molar-refractivity contribution in [2.45, 2.75) is 26.1 Å². The molecule has 0 N–H and O–H groups in total. The van der Waals surface area contributed by atoms with Gasteiger partial charge in [0.2, 0.25) is 0 Å². The summed E-state index contributed by atoms with van der Waals surface area (Å²) in [5.74, 6) is 0. The number of nitrogens with zero attached hydrogens (tertiary/aromatic N) is 4. The van der Waals surface area contributed by atoms with Crippen molar-refractivity contribution in [3.63, 3.8) is 0 Å². The lowest BCUT2D eigenvalue weighted by Crippen LogP contribution is -2.42. The standard InChI is InChI=1S/C17H22N4O4/c1-12-10-19(3-5-24-12)15-7-14(9-18)17(21(22)23)16(8-15)20-4-6-25-13(2)11-20/h7-8,12-13H,3-6,10-11H2,1-2H3/t12-,13+/m1/s1. The second kappa shape index (κ2) is 7.25.